The molecule has 0 saturated heterocycles. The Labute approximate surface area is 63.8 Å². The van der Waals surface area contributed by atoms with Crippen molar-refractivity contribution in [2.75, 3.05) is 5.73 Å². The lowest BCUT2D eigenvalue weighted by molar-refractivity contribution is 0.560. The summed E-state index contributed by atoms with van der Waals surface area (Å²) in [5.41, 5.74) is 5.42. The Morgan fingerprint density at radius 3 is 2.09 bits per heavy atom. The Balaban J connectivity index is 3.25. The van der Waals surface area contributed by atoms with Crippen molar-refractivity contribution in [2.45, 2.75) is 13.3 Å². The maximum Gasteiger partial charge on any atom is 0.131 e. The Kier molecular flexibility index (Phi) is 2.08. The number of nitrogens with two attached hydrogens (primary N) is 1. The monoisotopic (exact) mass is 157 g/mol. The highest BCUT2D eigenvalue weighted by Crippen LogP contribution is 2.16. The minimum absolute atomic E-state index is 0.0965. The van der Waals surface area contributed by atoms with Gasteiger partial charge < -0.3 is 5.73 Å². The molecule has 0 atom stereocenters. The first-order valence-electron chi connectivity index (χ1n) is 3.38. The van der Waals surface area contributed by atoms with Gasteiger partial charge in [0.15, 0.2) is 0 Å². The number of rotatable bonds is 1. The summed E-state index contributed by atoms with van der Waals surface area (Å²) in [5.74, 6) is -1.13. The molecule has 0 spiro atoms. The molecular formula is C8H9F2N. The SMILES string of the molecule is CCc1c(F)cc(N)cc1F. The molecule has 60 valence electrons. The second-order valence-electron chi connectivity index (χ2n) is 2.32. The molecule has 0 unspecified atom stereocenters. The average molecular weight is 157 g/mol. The molecule has 1 aromatic carbocycles. The number of halogens is 2. The molecule has 1 rings (SSSR count). The summed E-state index contributed by atoms with van der Waals surface area (Å²) >= 11 is 0. The lowest BCUT2D eigenvalue weighted by Gasteiger charge is -2.01. The highest BCUT2D eigenvalue weighted by molar-refractivity contribution is 5.41. The average Bonchev–Trinajstić information content (AvgIpc) is 1.85. The van der Waals surface area contributed by atoms with E-state index in [4.69, 9.17) is 5.73 Å². The van der Waals surface area contributed by atoms with Crippen LogP contribution in [0.5, 0.6) is 0 Å². The fraction of sp³-hybridized carbons (Fsp3) is 0.250. The molecule has 0 bridgehead atoms. The minimum Gasteiger partial charge on any atom is -0.399 e. The van der Waals surface area contributed by atoms with Gasteiger partial charge in [-0.25, -0.2) is 8.78 Å². The number of nitrogen functional groups attached to an aromatic ring is 1. The molecule has 0 amide bonds. The molecule has 0 saturated carbocycles. The first-order chi connectivity index (χ1) is 5.15. The van der Waals surface area contributed by atoms with E-state index in [0.29, 0.717) is 6.42 Å². The van der Waals surface area contributed by atoms with Gasteiger partial charge in [-0.05, 0) is 18.6 Å². The molecule has 2 N–H and O–H groups in total. The van der Waals surface area contributed by atoms with Crippen LogP contribution in [-0.2, 0) is 6.42 Å². The Bertz CT molecular complexity index is 248. The van der Waals surface area contributed by atoms with Crippen LogP contribution in [0.15, 0.2) is 12.1 Å². The van der Waals surface area contributed by atoms with Crippen LogP contribution in [0.4, 0.5) is 14.5 Å². The van der Waals surface area contributed by atoms with Gasteiger partial charge in [0.25, 0.3) is 0 Å². The summed E-state index contributed by atoms with van der Waals surface area (Å²) < 4.78 is 25.6. The van der Waals surface area contributed by atoms with Crippen molar-refractivity contribution in [1.82, 2.24) is 0 Å². The highest BCUT2D eigenvalue weighted by Gasteiger charge is 2.06. The maximum atomic E-state index is 12.8. The molecule has 1 aromatic rings. The lowest BCUT2D eigenvalue weighted by atomic mass is 10.1. The van der Waals surface area contributed by atoms with Gasteiger partial charge in [0, 0.05) is 11.3 Å². The van der Waals surface area contributed by atoms with Crippen LogP contribution < -0.4 is 5.73 Å². The van der Waals surface area contributed by atoms with Crippen LogP contribution in [0.25, 0.3) is 0 Å². The summed E-state index contributed by atoms with van der Waals surface area (Å²) in [5, 5.41) is 0. The fourth-order valence-corrected chi connectivity index (χ4v) is 0.960. The van der Waals surface area contributed by atoms with Gasteiger partial charge in [-0.3, -0.25) is 0 Å². The van der Waals surface area contributed by atoms with Gasteiger partial charge in [-0.1, -0.05) is 6.92 Å². The largest absolute Gasteiger partial charge is 0.399 e. The lowest BCUT2D eigenvalue weighted by Crippen LogP contribution is -1.96. The molecule has 0 radical (unpaired) electrons. The second-order valence-corrected chi connectivity index (χ2v) is 2.32. The van der Waals surface area contributed by atoms with Crippen molar-refractivity contribution in [1.29, 1.82) is 0 Å². The summed E-state index contributed by atoms with van der Waals surface area (Å²) in [6.45, 7) is 1.69. The molecule has 0 aromatic heterocycles. The minimum atomic E-state index is -0.565. The van der Waals surface area contributed by atoms with Crippen molar-refractivity contribution in [3.05, 3.63) is 29.3 Å². The molecule has 0 aliphatic carbocycles. The Morgan fingerprint density at radius 2 is 1.73 bits per heavy atom. The van der Waals surface area contributed by atoms with Gasteiger partial charge >= 0.3 is 0 Å². The molecule has 0 fully saturated rings. The van der Waals surface area contributed by atoms with E-state index in [9.17, 15) is 8.78 Å². The summed E-state index contributed by atoms with van der Waals surface area (Å²) in [4.78, 5) is 0. The van der Waals surface area contributed by atoms with E-state index in [1.165, 1.54) is 0 Å². The van der Waals surface area contributed by atoms with Gasteiger partial charge in [0.1, 0.15) is 11.6 Å². The van der Waals surface area contributed by atoms with Crippen molar-refractivity contribution in [3.8, 4) is 0 Å². The number of anilines is 1. The molecule has 11 heavy (non-hydrogen) atoms. The van der Waals surface area contributed by atoms with Crippen LogP contribution in [0.2, 0.25) is 0 Å². The first kappa shape index (κ1) is 7.98. The summed E-state index contributed by atoms with van der Waals surface area (Å²) in [6, 6.07) is 2.25. The van der Waals surface area contributed by atoms with Gasteiger partial charge in [0.2, 0.25) is 0 Å². The topological polar surface area (TPSA) is 26.0 Å². The maximum absolute atomic E-state index is 12.8. The van der Waals surface area contributed by atoms with E-state index < -0.39 is 11.6 Å². The van der Waals surface area contributed by atoms with E-state index in [-0.39, 0.29) is 11.3 Å². The van der Waals surface area contributed by atoms with Crippen LogP contribution in [0, 0.1) is 11.6 Å². The molecule has 0 aliphatic rings. The zero-order chi connectivity index (χ0) is 8.43. The van der Waals surface area contributed by atoms with Gasteiger partial charge in [-0.2, -0.15) is 0 Å². The van der Waals surface area contributed by atoms with Crippen molar-refractivity contribution < 1.29 is 8.78 Å². The number of hydrogen-bond acceptors (Lipinski definition) is 1. The molecule has 0 aliphatic heterocycles. The summed E-state index contributed by atoms with van der Waals surface area (Å²) in [7, 11) is 0. The third-order valence-electron chi connectivity index (χ3n) is 1.52. The van der Waals surface area contributed by atoms with Crippen LogP contribution in [0.3, 0.4) is 0 Å². The predicted molar refractivity (Wildman–Crippen MR) is 40.1 cm³/mol. The summed E-state index contributed by atoms with van der Waals surface area (Å²) in [6.07, 6.45) is 0.345. The zero-order valence-corrected chi connectivity index (χ0v) is 6.20. The van der Waals surface area contributed by atoms with E-state index in [1.54, 1.807) is 6.92 Å². The number of benzene rings is 1. The van der Waals surface area contributed by atoms with Crippen LogP contribution >= 0.6 is 0 Å². The second kappa shape index (κ2) is 2.86. The zero-order valence-electron chi connectivity index (χ0n) is 6.20. The number of hydrogen-bond donors (Lipinski definition) is 1. The molecule has 0 heterocycles. The predicted octanol–water partition coefficient (Wildman–Crippen LogP) is 2.11. The van der Waals surface area contributed by atoms with E-state index in [2.05, 4.69) is 0 Å². The fourth-order valence-electron chi connectivity index (χ4n) is 0.960. The van der Waals surface area contributed by atoms with Gasteiger partial charge in [-0.15, -0.1) is 0 Å². The normalized spacial score (nSPS) is 10.1. The van der Waals surface area contributed by atoms with Crippen LogP contribution in [-0.4, -0.2) is 0 Å². The van der Waals surface area contributed by atoms with Crippen LogP contribution in [0.1, 0.15) is 12.5 Å². The molecular weight excluding hydrogens is 148 g/mol. The Morgan fingerprint density at radius 1 is 1.27 bits per heavy atom. The molecule has 1 nitrogen and oxygen atoms in total. The molecule has 3 heteroatoms. The smallest absolute Gasteiger partial charge is 0.131 e. The highest BCUT2D eigenvalue weighted by atomic mass is 19.1. The van der Waals surface area contributed by atoms with Crippen molar-refractivity contribution in [3.63, 3.8) is 0 Å². The van der Waals surface area contributed by atoms with E-state index in [0.717, 1.165) is 12.1 Å². The standard InChI is InChI=1S/C8H9F2N/c1-2-6-7(9)3-5(11)4-8(6)10/h3-4H,2,11H2,1H3. The van der Waals surface area contributed by atoms with E-state index >= 15 is 0 Å². The third kappa shape index (κ3) is 1.48. The van der Waals surface area contributed by atoms with Crippen molar-refractivity contribution >= 4 is 5.69 Å². The van der Waals surface area contributed by atoms with Gasteiger partial charge in [0.05, 0.1) is 0 Å². The third-order valence-corrected chi connectivity index (χ3v) is 1.52. The quantitative estimate of drug-likeness (QED) is 0.621. The van der Waals surface area contributed by atoms with E-state index in [1.807, 2.05) is 0 Å². The first-order valence-corrected chi connectivity index (χ1v) is 3.38. The van der Waals surface area contributed by atoms with Crippen molar-refractivity contribution in [2.24, 2.45) is 0 Å². The Hall–Kier alpha value is -1.12.